The zero-order chi connectivity index (χ0) is 13.0. The SMILES string of the molecule is CCC1CCCN(c2nc(C)ncc2CN)CC1. The molecule has 1 unspecified atom stereocenters. The molecule has 4 nitrogen and oxygen atoms in total. The molecule has 0 amide bonds. The van der Waals surface area contributed by atoms with E-state index in [1.807, 2.05) is 13.1 Å². The quantitative estimate of drug-likeness (QED) is 0.891. The first-order chi connectivity index (χ1) is 8.74. The molecule has 1 saturated heterocycles. The lowest BCUT2D eigenvalue weighted by Gasteiger charge is -2.24. The Hall–Kier alpha value is -1.16. The lowest BCUT2D eigenvalue weighted by atomic mass is 9.98. The van der Waals surface area contributed by atoms with E-state index in [2.05, 4.69) is 21.8 Å². The summed E-state index contributed by atoms with van der Waals surface area (Å²) in [5, 5.41) is 0. The van der Waals surface area contributed by atoms with Gasteiger partial charge >= 0.3 is 0 Å². The number of anilines is 1. The molecule has 2 heterocycles. The van der Waals surface area contributed by atoms with Crippen molar-refractivity contribution in [1.29, 1.82) is 0 Å². The molecular formula is C14H24N4. The number of hydrogen-bond donors (Lipinski definition) is 1. The highest BCUT2D eigenvalue weighted by atomic mass is 15.2. The van der Waals surface area contributed by atoms with E-state index in [4.69, 9.17) is 5.73 Å². The highest BCUT2D eigenvalue weighted by molar-refractivity contribution is 5.46. The molecule has 1 atom stereocenters. The van der Waals surface area contributed by atoms with Crippen molar-refractivity contribution in [3.05, 3.63) is 17.6 Å². The fraction of sp³-hybridized carbons (Fsp3) is 0.714. The molecule has 0 saturated carbocycles. The highest BCUT2D eigenvalue weighted by Gasteiger charge is 2.19. The molecule has 0 aliphatic carbocycles. The monoisotopic (exact) mass is 248 g/mol. The fourth-order valence-electron chi connectivity index (χ4n) is 2.69. The molecule has 0 radical (unpaired) electrons. The molecule has 1 aromatic rings. The molecular weight excluding hydrogens is 224 g/mol. The summed E-state index contributed by atoms with van der Waals surface area (Å²) in [5.41, 5.74) is 6.86. The van der Waals surface area contributed by atoms with Crippen LogP contribution in [-0.2, 0) is 6.54 Å². The number of nitrogens with two attached hydrogens (primary N) is 1. The molecule has 0 aromatic carbocycles. The van der Waals surface area contributed by atoms with Gasteiger partial charge < -0.3 is 10.6 Å². The molecule has 4 heteroatoms. The van der Waals surface area contributed by atoms with E-state index in [1.165, 1.54) is 25.7 Å². The topological polar surface area (TPSA) is 55.0 Å². The van der Waals surface area contributed by atoms with Gasteiger partial charge in [0.1, 0.15) is 11.6 Å². The van der Waals surface area contributed by atoms with E-state index in [-0.39, 0.29) is 0 Å². The summed E-state index contributed by atoms with van der Waals surface area (Å²) >= 11 is 0. The summed E-state index contributed by atoms with van der Waals surface area (Å²) in [5.74, 6) is 2.76. The maximum absolute atomic E-state index is 5.79. The Labute approximate surface area is 110 Å². The van der Waals surface area contributed by atoms with E-state index in [9.17, 15) is 0 Å². The smallest absolute Gasteiger partial charge is 0.136 e. The van der Waals surface area contributed by atoms with E-state index >= 15 is 0 Å². The molecule has 1 aliphatic heterocycles. The fourth-order valence-corrected chi connectivity index (χ4v) is 2.69. The third-order valence-corrected chi connectivity index (χ3v) is 3.91. The minimum absolute atomic E-state index is 0.517. The van der Waals surface area contributed by atoms with E-state index in [0.29, 0.717) is 6.54 Å². The molecule has 1 aliphatic rings. The molecule has 1 aromatic heterocycles. The van der Waals surface area contributed by atoms with Gasteiger partial charge in [-0.1, -0.05) is 13.3 Å². The predicted octanol–water partition coefficient (Wildman–Crippen LogP) is 2.26. The van der Waals surface area contributed by atoms with Crippen LogP contribution in [0, 0.1) is 12.8 Å². The zero-order valence-corrected chi connectivity index (χ0v) is 11.5. The van der Waals surface area contributed by atoms with Crippen LogP contribution in [0.4, 0.5) is 5.82 Å². The average Bonchev–Trinajstić information content (AvgIpc) is 2.63. The second kappa shape index (κ2) is 6.14. The van der Waals surface area contributed by atoms with Gasteiger partial charge in [0.25, 0.3) is 0 Å². The second-order valence-electron chi connectivity index (χ2n) is 5.16. The van der Waals surface area contributed by atoms with Crippen molar-refractivity contribution >= 4 is 5.82 Å². The van der Waals surface area contributed by atoms with Crippen LogP contribution in [0.2, 0.25) is 0 Å². The van der Waals surface area contributed by atoms with Crippen molar-refractivity contribution in [2.24, 2.45) is 11.7 Å². The van der Waals surface area contributed by atoms with Gasteiger partial charge in [-0.3, -0.25) is 0 Å². The third-order valence-electron chi connectivity index (χ3n) is 3.91. The number of rotatable bonds is 3. The van der Waals surface area contributed by atoms with Crippen LogP contribution in [0.15, 0.2) is 6.20 Å². The Morgan fingerprint density at radius 3 is 2.94 bits per heavy atom. The Morgan fingerprint density at radius 2 is 2.22 bits per heavy atom. The van der Waals surface area contributed by atoms with Crippen molar-refractivity contribution in [3.8, 4) is 0 Å². The minimum Gasteiger partial charge on any atom is -0.356 e. The summed E-state index contributed by atoms with van der Waals surface area (Å²) in [4.78, 5) is 11.2. The number of nitrogens with zero attached hydrogens (tertiary/aromatic N) is 3. The van der Waals surface area contributed by atoms with Crippen LogP contribution < -0.4 is 10.6 Å². The standard InChI is InChI=1S/C14H24N4/c1-3-12-5-4-7-18(8-6-12)14-13(9-15)10-16-11(2)17-14/h10,12H,3-9,15H2,1-2H3. The molecule has 2 rings (SSSR count). The summed E-state index contributed by atoms with van der Waals surface area (Å²) in [6.07, 6.45) is 7.03. The predicted molar refractivity (Wildman–Crippen MR) is 74.5 cm³/mol. The Morgan fingerprint density at radius 1 is 1.39 bits per heavy atom. The first-order valence-electron chi connectivity index (χ1n) is 7.02. The number of hydrogen-bond acceptors (Lipinski definition) is 4. The number of aryl methyl sites for hydroxylation is 1. The van der Waals surface area contributed by atoms with Gasteiger partial charge in [-0.05, 0) is 32.1 Å². The van der Waals surface area contributed by atoms with Crippen LogP contribution in [-0.4, -0.2) is 23.1 Å². The molecule has 0 bridgehead atoms. The summed E-state index contributed by atoms with van der Waals surface area (Å²) in [6.45, 7) is 6.95. The van der Waals surface area contributed by atoms with Gasteiger partial charge in [-0.2, -0.15) is 0 Å². The maximum Gasteiger partial charge on any atom is 0.136 e. The van der Waals surface area contributed by atoms with Crippen LogP contribution in [0.1, 0.15) is 44.0 Å². The van der Waals surface area contributed by atoms with E-state index in [1.54, 1.807) is 0 Å². The van der Waals surface area contributed by atoms with Crippen molar-refractivity contribution < 1.29 is 0 Å². The average molecular weight is 248 g/mol. The van der Waals surface area contributed by atoms with Crippen molar-refractivity contribution in [2.75, 3.05) is 18.0 Å². The minimum atomic E-state index is 0.517. The van der Waals surface area contributed by atoms with Crippen LogP contribution in [0.3, 0.4) is 0 Å². The Kier molecular flexibility index (Phi) is 4.53. The van der Waals surface area contributed by atoms with Crippen LogP contribution in [0.5, 0.6) is 0 Å². The second-order valence-corrected chi connectivity index (χ2v) is 5.16. The number of aromatic nitrogens is 2. The van der Waals surface area contributed by atoms with Gasteiger partial charge in [0.15, 0.2) is 0 Å². The Balaban J connectivity index is 2.17. The lowest BCUT2D eigenvalue weighted by molar-refractivity contribution is 0.459. The van der Waals surface area contributed by atoms with E-state index < -0.39 is 0 Å². The normalized spacial score (nSPS) is 20.8. The van der Waals surface area contributed by atoms with Crippen LogP contribution >= 0.6 is 0 Å². The van der Waals surface area contributed by atoms with Gasteiger partial charge in [-0.15, -0.1) is 0 Å². The van der Waals surface area contributed by atoms with Crippen molar-refractivity contribution in [1.82, 2.24) is 9.97 Å². The van der Waals surface area contributed by atoms with Crippen LogP contribution in [0.25, 0.3) is 0 Å². The molecule has 18 heavy (non-hydrogen) atoms. The third kappa shape index (κ3) is 2.99. The molecule has 2 N–H and O–H groups in total. The largest absolute Gasteiger partial charge is 0.356 e. The maximum atomic E-state index is 5.79. The molecule has 0 spiro atoms. The first kappa shape index (κ1) is 13.3. The van der Waals surface area contributed by atoms with Crippen molar-refractivity contribution in [3.63, 3.8) is 0 Å². The summed E-state index contributed by atoms with van der Waals surface area (Å²) in [6, 6.07) is 0. The van der Waals surface area contributed by atoms with Gasteiger partial charge in [0, 0.05) is 31.4 Å². The Bertz CT molecular complexity index is 391. The van der Waals surface area contributed by atoms with E-state index in [0.717, 1.165) is 36.2 Å². The van der Waals surface area contributed by atoms with Gasteiger partial charge in [0.2, 0.25) is 0 Å². The zero-order valence-electron chi connectivity index (χ0n) is 11.5. The molecule has 100 valence electrons. The first-order valence-corrected chi connectivity index (χ1v) is 7.02. The summed E-state index contributed by atoms with van der Waals surface area (Å²) in [7, 11) is 0. The van der Waals surface area contributed by atoms with Gasteiger partial charge in [0.05, 0.1) is 0 Å². The lowest BCUT2D eigenvalue weighted by Crippen LogP contribution is -2.27. The molecule has 1 fully saturated rings. The van der Waals surface area contributed by atoms with Gasteiger partial charge in [-0.25, -0.2) is 9.97 Å². The highest BCUT2D eigenvalue weighted by Crippen LogP contribution is 2.25. The summed E-state index contributed by atoms with van der Waals surface area (Å²) < 4.78 is 0. The van der Waals surface area contributed by atoms with Crippen molar-refractivity contribution in [2.45, 2.75) is 46.1 Å².